The van der Waals surface area contributed by atoms with E-state index >= 15 is 0 Å². The van der Waals surface area contributed by atoms with Crippen LogP contribution in [-0.4, -0.2) is 36.6 Å². The third-order valence-corrected chi connectivity index (χ3v) is 3.00. The highest BCUT2D eigenvalue weighted by Gasteiger charge is 2.29. The van der Waals surface area contributed by atoms with Crippen LogP contribution >= 0.6 is 0 Å². The van der Waals surface area contributed by atoms with Crippen LogP contribution in [0.3, 0.4) is 0 Å². The highest BCUT2D eigenvalue weighted by molar-refractivity contribution is 5.93. The van der Waals surface area contributed by atoms with Gasteiger partial charge in [-0.3, -0.25) is 9.78 Å². The van der Waals surface area contributed by atoms with Crippen molar-refractivity contribution in [3.63, 3.8) is 0 Å². The van der Waals surface area contributed by atoms with E-state index in [-0.39, 0.29) is 5.91 Å². The zero-order chi connectivity index (χ0) is 13.0. The summed E-state index contributed by atoms with van der Waals surface area (Å²) in [5.74, 6) is -0.122. The van der Waals surface area contributed by atoms with Gasteiger partial charge < -0.3 is 16.0 Å². The van der Waals surface area contributed by atoms with E-state index in [1.807, 2.05) is 19.1 Å². The minimum Gasteiger partial charge on any atom is -0.367 e. The zero-order valence-corrected chi connectivity index (χ0v) is 10.7. The molecule has 0 spiro atoms. The van der Waals surface area contributed by atoms with E-state index in [0.717, 1.165) is 12.2 Å². The van der Waals surface area contributed by atoms with E-state index in [4.69, 9.17) is 5.73 Å². The van der Waals surface area contributed by atoms with Crippen molar-refractivity contribution in [1.29, 1.82) is 0 Å². The predicted octanol–water partition coefficient (Wildman–Crippen LogP) is 0.759. The number of hydrogen-bond acceptors (Lipinski definition) is 4. The summed E-state index contributed by atoms with van der Waals surface area (Å²) < 4.78 is 0. The van der Waals surface area contributed by atoms with Crippen LogP contribution in [0.1, 0.15) is 30.3 Å². The Labute approximate surface area is 107 Å². The van der Waals surface area contributed by atoms with Crippen molar-refractivity contribution in [1.82, 2.24) is 10.3 Å². The smallest absolute Gasteiger partial charge is 0.269 e. The van der Waals surface area contributed by atoms with Gasteiger partial charge in [0, 0.05) is 37.6 Å². The van der Waals surface area contributed by atoms with E-state index < -0.39 is 0 Å². The molecule has 2 rings (SSSR count). The average Bonchev–Trinajstić information content (AvgIpc) is 3.21. The maximum Gasteiger partial charge on any atom is 0.269 e. The molecule has 0 atom stereocenters. The van der Waals surface area contributed by atoms with Gasteiger partial charge in [0.2, 0.25) is 0 Å². The van der Waals surface area contributed by atoms with Gasteiger partial charge in [0.25, 0.3) is 5.91 Å². The van der Waals surface area contributed by atoms with Gasteiger partial charge in [0.05, 0.1) is 0 Å². The Hall–Kier alpha value is -1.62. The first kappa shape index (κ1) is 12.8. The molecule has 1 amide bonds. The van der Waals surface area contributed by atoms with Crippen LogP contribution in [0.15, 0.2) is 18.3 Å². The van der Waals surface area contributed by atoms with Crippen molar-refractivity contribution in [2.75, 3.05) is 24.5 Å². The maximum absolute atomic E-state index is 11.7. The summed E-state index contributed by atoms with van der Waals surface area (Å²) >= 11 is 0. The summed E-state index contributed by atoms with van der Waals surface area (Å²) in [6.45, 7) is 3.95. The molecule has 1 saturated carbocycles. The fourth-order valence-corrected chi connectivity index (χ4v) is 2.02. The molecule has 18 heavy (non-hydrogen) atoms. The molecule has 5 nitrogen and oxygen atoms in total. The van der Waals surface area contributed by atoms with Crippen molar-refractivity contribution >= 4 is 11.6 Å². The standard InChI is InChI=1S/C13H20N4O/c1-2-15-13(18)12-9-11(5-7-16-12)17(8-6-14)10-3-4-10/h5,7,9-10H,2-4,6,8,14H2,1H3,(H,15,18). The molecular weight excluding hydrogens is 228 g/mol. The molecule has 0 radical (unpaired) electrons. The first-order valence-corrected chi connectivity index (χ1v) is 6.47. The first-order valence-electron chi connectivity index (χ1n) is 6.47. The van der Waals surface area contributed by atoms with E-state index in [9.17, 15) is 4.79 Å². The number of nitrogens with one attached hydrogen (secondary N) is 1. The van der Waals surface area contributed by atoms with Gasteiger partial charge in [-0.15, -0.1) is 0 Å². The lowest BCUT2D eigenvalue weighted by molar-refractivity contribution is 0.0951. The third-order valence-electron chi connectivity index (χ3n) is 3.00. The predicted molar refractivity (Wildman–Crippen MR) is 71.7 cm³/mol. The van der Waals surface area contributed by atoms with Crippen molar-refractivity contribution in [3.05, 3.63) is 24.0 Å². The lowest BCUT2D eigenvalue weighted by Gasteiger charge is -2.24. The summed E-state index contributed by atoms with van der Waals surface area (Å²) in [5, 5.41) is 2.76. The normalized spacial score (nSPS) is 14.3. The Balaban J connectivity index is 2.16. The van der Waals surface area contributed by atoms with Gasteiger partial charge in [-0.1, -0.05) is 0 Å². The number of amides is 1. The molecule has 1 aromatic heterocycles. The second kappa shape index (κ2) is 5.82. The van der Waals surface area contributed by atoms with Crippen LogP contribution < -0.4 is 16.0 Å². The zero-order valence-electron chi connectivity index (χ0n) is 10.7. The molecule has 1 aliphatic carbocycles. The monoisotopic (exact) mass is 248 g/mol. The van der Waals surface area contributed by atoms with Crippen LogP contribution in [0.2, 0.25) is 0 Å². The number of nitrogens with two attached hydrogens (primary N) is 1. The Morgan fingerprint density at radius 3 is 3.00 bits per heavy atom. The summed E-state index contributed by atoms with van der Waals surface area (Å²) in [6, 6.07) is 4.37. The molecule has 0 saturated heterocycles. The number of carbonyl (C=O) groups excluding carboxylic acids is 1. The lowest BCUT2D eigenvalue weighted by atomic mass is 10.2. The Morgan fingerprint density at radius 2 is 2.39 bits per heavy atom. The average molecular weight is 248 g/mol. The number of nitrogens with zero attached hydrogens (tertiary/aromatic N) is 2. The summed E-state index contributed by atoms with van der Waals surface area (Å²) in [7, 11) is 0. The van der Waals surface area contributed by atoms with E-state index in [0.29, 0.717) is 24.8 Å². The second-order valence-corrected chi connectivity index (χ2v) is 4.47. The highest BCUT2D eigenvalue weighted by Crippen LogP contribution is 2.31. The number of aromatic nitrogens is 1. The van der Waals surface area contributed by atoms with Gasteiger partial charge in [0.15, 0.2) is 0 Å². The molecule has 0 aromatic carbocycles. The Bertz CT molecular complexity index is 417. The molecule has 1 aromatic rings. The largest absolute Gasteiger partial charge is 0.367 e. The van der Waals surface area contributed by atoms with Gasteiger partial charge in [0.1, 0.15) is 5.69 Å². The molecule has 98 valence electrons. The van der Waals surface area contributed by atoms with Crippen LogP contribution in [0.5, 0.6) is 0 Å². The quantitative estimate of drug-likeness (QED) is 0.779. The number of anilines is 1. The van der Waals surface area contributed by atoms with Gasteiger partial charge in [-0.05, 0) is 31.9 Å². The number of rotatable bonds is 6. The number of hydrogen-bond donors (Lipinski definition) is 2. The summed E-state index contributed by atoms with van der Waals surface area (Å²) in [6.07, 6.45) is 4.10. The summed E-state index contributed by atoms with van der Waals surface area (Å²) in [4.78, 5) is 18.1. The number of carbonyl (C=O) groups is 1. The maximum atomic E-state index is 11.7. The molecule has 1 fully saturated rings. The van der Waals surface area contributed by atoms with Gasteiger partial charge >= 0.3 is 0 Å². The second-order valence-electron chi connectivity index (χ2n) is 4.47. The van der Waals surface area contributed by atoms with E-state index in [1.54, 1.807) is 6.20 Å². The molecule has 5 heteroatoms. The van der Waals surface area contributed by atoms with Gasteiger partial charge in [-0.2, -0.15) is 0 Å². The van der Waals surface area contributed by atoms with Crippen LogP contribution in [0.25, 0.3) is 0 Å². The molecular formula is C13H20N4O. The van der Waals surface area contributed by atoms with Gasteiger partial charge in [-0.25, -0.2) is 0 Å². The van der Waals surface area contributed by atoms with Crippen molar-refractivity contribution in [3.8, 4) is 0 Å². The van der Waals surface area contributed by atoms with Crippen LogP contribution in [0, 0.1) is 0 Å². The first-order chi connectivity index (χ1) is 8.76. The molecule has 0 aliphatic heterocycles. The highest BCUT2D eigenvalue weighted by atomic mass is 16.1. The van der Waals surface area contributed by atoms with Crippen molar-refractivity contribution in [2.45, 2.75) is 25.8 Å². The molecule has 1 aliphatic rings. The van der Waals surface area contributed by atoms with Crippen molar-refractivity contribution in [2.24, 2.45) is 5.73 Å². The van der Waals surface area contributed by atoms with E-state index in [2.05, 4.69) is 15.2 Å². The molecule has 1 heterocycles. The summed E-state index contributed by atoms with van der Waals surface area (Å²) in [5.41, 5.74) is 7.15. The number of pyridine rings is 1. The van der Waals surface area contributed by atoms with Crippen molar-refractivity contribution < 1.29 is 4.79 Å². The Morgan fingerprint density at radius 1 is 1.61 bits per heavy atom. The molecule has 0 bridgehead atoms. The molecule has 0 unspecified atom stereocenters. The van der Waals surface area contributed by atoms with Crippen LogP contribution in [-0.2, 0) is 0 Å². The minimum absolute atomic E-state index is 0.122. The fourth-order valence-electron chi connectivity index (χ4n) is 2.02. The SMILES string of the molecule is CCNC(=O)c1cc(N(CCN)C2CC2)ccn1. The Kier molecular flexibility index (Phi) is 4.15. The third kappa shape index (κ3) is 2.98. The van der Waals surface area contributed by atoms with E-state index in [1.165, 1.54) is 12.8 Å². The molecule has 3 N–H and O–H groups in total. The lowest BCUT2D eigenvalue weighted by Crippen LogP contribution is -2.32. The topological polar surface area (TPSA) is 71.2 Å². The fraction of sp³-hybridized carbons (Fsp3) is 0.538. The van der Waals surface area contributed by atoms with Crippen LogP contribution in [0.4, 0.5) is 5.69 Å². The minimum atomic E-state index is -0.122.